The van der Waals surface area contributed by atoms with Gasteiger partial charge in [-0.3, -0.25) is 9.78 Å². The molecule has 0 bridgehead atoms. The Morgan fingerprint density at radius 2 is 1.95 bits per heavy atom. The molecule has 1 N–H and O–H groups in total. The molecule has 1 fully saturated rings. The zero-order valence-electron chi connectivity index (χ0n) is 11.9. The third-order valence-corrected chi connectivity index (χ3v) is 4.24. The monoisotopic (exact) mass is 276 g/mol. The van der Waals surface area contributed by atoms with E-state index in [1.54, 1.807) is 19.3 Å². The first-order chi connectivity index (χ1) is 9.49. The SMILES string of the molecule is Cc1cccnc1C(=O)N(C)C1(C(=O)O)CCCCC1. The molecule has 1 aliphatic rings. The van der Waals surface area contributed by atoms with Crippen molar-refractivity contribution in [1.29, 1.82) is 0 Å². The quantitative estimate of drug-likeness (QED) is 0.919. The van der Waals surface area contributed by atoms with Crippen LogP contribution in [0.15, 0.2) is 18.3 Å². The minimum absolute atomic E-state index is 0.313. The first kappa shape index (κ1) is 14.5. The van der Waals surface area contributed by atoms with Gasteiger partial charge in [-0.25, -0.2) is 4.79 Å². The normalized spacial score (nSPS) is 17.5. The van der Waals surface area contributed by atoms with Crippen molar-refractivity contribution in [3.63, 3.8) is 0 Å². The van der Waals surface area contributed by atoms with Crippen molar-refractivity contribution in [3.8, 4) is 0 Å². The Morgan fingerprint density at radius 1 is 1.30 bits per heavy atom. The first-order valence-corrected chi connectivity index (χ1v) is 6.92. The Morgan fingerprint density at radius 3 is 2.50 bits per heavy atom. The molecular weight excluding hydrogens is 256 g/mol. The number of nitrogens with zero attached hydrogens (tertiary/aromatic N) is 2. The number of carbonyl (C=O) groups excluding carboxylic acids is 1. The number of aromatic nitrogens is 1. The van der Waals surface area contributed by atoms with Gasteiger partial charge in [0.15, 0.2) is 0 Å². The zero-order chi connectivity index (χ0) is 14.8. The van der Waals surface area contributed by atoms with Crippen molar-refractivity contribution >= 4 is 11.9 Å². The molecule has 1 aromatic heterocycles. The summed E-state index contributed by atoms with van der Waals surface area (Å²) in [6.45, 7) is 1.81. The van der Waals surface area contributed by atoms with E-state index in [9.17, 15) is 14.7 Å². The van der Waals surface area contributed by atoms with Gasteiger partial charge in [0, 0.05) is 13.2 Å². The second-order valence-electron chi connectivity index (χ2n) is 5.43. The fourth-order valence-electron chi connectivity index (χ4n) is 2.89. The van der Waals surface area contributed by atoms with E-state index in [1.807, 2.05) is 13.0 Å². The van der Waals surface area contributed by atoms with Crippen LogP contribution in [0.1, 0.15) is 48.2 Å². The summed E-state index contributed by atoms with van der Waals surface area (Å²) in [5.41, 5.74) is 0.0149. The van der Waals surface area contributed by atoms with E-state index in [4.69, 9.17) is 0 Å². The molecule has 5 nitrogen and oxygen atoms in total. The lowest BCUT2D eigenvalue weighted by Crippen LogP contribution is -2.56. The van der Waals surface area contributed by atoms with E-state index in [0.717, 1.165) is 24.8 Å². The first-order valence-electron chi connectivity index (χ1n) is 6.92. The number of pyridine rings is 1. The van der Waals surface area contributed by atoms with Gasteiger partial charge in [-0.05, 0) is 31.4 Å². The van der Waals surface area contributed by atoms with E-state index in [1.165, 1.54) is 4.90 Å². The van der Waals surface area contributed by atoms with Gasteiger partial charge in [0.1, 0.15) is 11.2 Å². The van der Waals surface area contributed by atoms with Crippen molar-refractivity contribution in [3.05, 3.63) is 29.6 Å². The number of hydrogen-bond donors (Lipinski definition) is 1. The molecule has 1 saturated carbocycles. The van der Waals surface area contributed by atoms with Gasteiger partial charge in [-0.1, -0.05) is 25.3 Å². The maximum atomic E-state index is 12.6. The lowest BCUT2D eigenvalue weighted by atomic mass is 9.80. The Balaban J connectivity index is 2.33. The molecule has 1 heterocycles. The van der Waals surface area contributed by atoms with Crippen LogP contribution in [0.4, 0.5) is 0 Å². The highest BCUT2D eigenvalue weighted by atomic mass is 16.4. The predicted octanol–water partition coefficient (Wildman–Crippen LogP) is 2.25. The summed E-state index contributed by atoms with van der Waals surface area (Å²) in [4.78, 5) is 29.8. The summed E-state index contributed by atoms with van der Waals surface area (Å²) in [6, 6.07) is 3.57. The number of rotatable bonds is 3. The molecular formula is C15H20N2O3. The average Bonchev–Trinajstić information content (AvgIpc) is 2.47. The number of likely N-dealkylation sites (N-methyl/N-ethyl adjacent to an activating group) is 1. The molecule has 0 radical (unpaired) electrons. The van der Waals surface area contributed by atoms with E-state index in [-0.39, 0.29) is 5.91 Å². The number of carboxylic acids is 1. The highest BCUT2D eigenvalue weighted by Crippen LogP contribution is 2.34. The van der Waals surface area contributed by atoms with Crippen LogP contribution in [-0.4, -0.2) is 39.5 Å². The molecule has 20 heavy (non-hydrogen) atoms. The number of carboxylic acid groups (broad SMARTS) is 1. The largest absolute Gasteiger partial charge is 0.479 e. The second-order valence-corrected chi connectivity index (χ2v) is 5.43. The van der Waals surface area contributed by atoms with Crippen molar-refractivity contribution in [2.75, 3.05) is 7.05 Å². The molecule has 0 aromatic carbocycles. The van der Waals surface area contributed by atoms with Gasteiger partial charge in [-0.15, -0.1) is 0 Å². The molecule has 0 unspecified atom stereocenters. The summed E-state index contributed by atoms with van der Waals surface area (Å²) in [5.74, 6) is -1.23. The summed E-state index contributed by atoms with van der Waals surface area (Å²) < 4.78 is 0. The van der Waals surface area contributed by atoms with Gasteiger partial charge in [0.2, 0.25) is 0 Å². The fraction of sp³-hybridized carbons (Fsp3) is 0.533. The second kappa shape index (κ2) is 5.61. The Kier molecular flexibility index (Phi) is 4.06. The number of aliphatic carboxylic acids is 1. The summed E-state index contributed by atoms with van der Waals surface area (Å²) in [7, 11) is 1.58. The maximum absolute atomic E-state index is 12.6. The van der Waals surface area contributed by atoms with Crippen LogP contribution in [-0.2, 0) is 4.79 Å². The van der Waals surface area contributed by atoms with E-state index in [0.29, 0.717) is 18.5 Å². The lowest BCUT2D eigenvalue weighted by Gasteiger charge is -2.40. The molecule has 0 spiro atoms. The molecule has 2 rings (SSSR count). The van der Waals surface area contributed by atoms with Gasteiger partial charge < -0.3 is 10.0 Å². The molecule has 0 atom stereocenters. The van der Waals surface area contributed by atoms with E-state index in [2.05, 4.69) is 4.98 Å². The maximum Gasteiger partial charge on any atom is 0.329 e. The standard InChI is InChI=1S/C15H20N2O3/c1-11-7-6-10-16-12(11)13(18)17(2)15(14(19)20)8-4-3-5-9-15/h6-7,10H,3-5,8-9H2,1-2H3,(H,19,20). The van der Waals surface area contributed by atoms with Crippen molar-refractivity contribution in [1.82, 2.24) is 9.88 Å². The molecule has 5 heteroatoms. The van der Waals surface area contributed by atoms with E-state index < -0.39 is 11.5 Å². The van der Waals surface area contributed by atoms with Crippen molar-refractivity contribution in [2.45, 2.75) is 44.6 Å². The van der Waals surface area contributed by atoms with Crippen LogP contribution in [0.5, 0.6) is 0 Å². The molecule has 108 valence electrons. The fourth-order valence-corrected chi connectivity index (χ4v) is 2.89. The number of hydrogen-bond acceptors (Lipinski definition) is 3. The van der Waals surface area contributed by atoms with Gasteiger partial charge in [0.25, 0.3) is 5.91 Å². The zero-order valence-corrected chi connectivity index (χ0v) is 11.9. The summed E-state index contributed by atoms with van der Waals surface area (Å²) >= 11 is 0. The predicted molar refractivity (Wildman–Crippen MR) is 74.5 cm³/mol. The van der Waals surface area contributed by atoms with E-state index >= 15 is 0 Å². The smallest absolute Gasteiger partial charge is 0.329 e. The lowest BCUT2D eigenvalue weighted by molar-refractivity contribution is -0.151. The third kappa shape index (κ3) is 2.40. The molecule has 1 amide bonds. The molecule has 0 saturated heterocycles. The molecule has 0 aliphatic heterocycles. The highest BCUT2D eigenvalue weighted by Gasteiger charge is 2.46. The van der Waals surface area contributed by atoms with Crippen LogP contribution >= 0.6 is 0 Å². The van der Waals surface area contributed by atoms with Gasteiger partial charge in [0.05, 0.1) is 0 Å². The van der Waals surface area contributed by atoms with Crippen LogP contribution in [0.25, 0.3) is 0 Å². The van der Waals surface area contributed by atoms with Crippen molar-refractivity contribution < 1.29 is 14.7 Å². The number of aryl methyl sites for hydroxylation is 1. The van der Waals surface area contributed by atoms with Gasteiger partial charge >= 0.3 is 5.97 Å². The summed E-state index contributed by atoms with van der Waals surface area (Å²) in [6.07, 6.45) is 5.28. The average molecular weight is 276 g/mol. The highest BCUT2D eigenvalue weighted by molar-refractivity contribution is 5.97. The molecule has 1 aliphatic carbocycles. The minimum Gasteiger partial charge on any atom is -0.479 e. The Hall–Kier alpha value is -1.91. The van der Waals surface area contributed by atoms with Gasteiger partial charge in [-0.2, -0.15) is 0 Å². The number of amides is 1. The Labute approximate surface area is 118 Å². The third-order valence-electron chi connectivity index (χ3n) is 4.24. The van der Waals surface area contributed by atoms with Crippen LogP contribution < -0.4 is 0 Å². The van der Waals surface area contributed by atoms with Crippen LogP contribution in [0, 0.1) is 6.92 Å². The van der Waals surface area contributed by atoms with Crippen LogP contribution in [0.2, 0.25) is 0 Å². The van der Waals surface area contributed by atoms with Crippen LogP contribution in [0.3, 0.4) is 0 Å². The Bertz CT molecular complexity index is 522. The minimum atomic E-state index is -1.08. The van der Waals surface area contributed by atoms with Crippen molar-refractivity contribution in [2.24, 2.45) is 0 Å². The topological polar surface area (TPSA) is 70.5 Å². The number of carbonyl (C=O) groups is 2. The molecule has 1 aromatic rings. The summed E-state index contributed by atoms with van der Waals surface area (Å²) in [5, 5.41) is 9.61.